The van der Waals surface area contributed by atoms with Gasteiger partial charge in [-0.1, -0.05) is 25.7 Å². The van der Waals surface area contributed by atoms with Gasteiger partial charge in [0.15, 0.2) is 0 Å². The predicted octanol–water partition coefficient (Wildman–Crippen LogP) is 2.90. The Bertz CT molecular complexity index is 553. The molecule has 0 amide bonds. The van der Waals surface area contributed by atoms with Crippen LogP contribution in [0.25, 0.3) is 0 Å². The number of likely N-dealkylation sites (tertiary alicyclic amines) is 2. The Morgan fingerprint density at radius 1 is 0.577 bits per heavy atom. The number of Topliss-reactive ketones (excluding diaryl/α,β-unsaturated/α-hetero) is 2. The van der Waals surface area contributed by atoms with Crippen LogP contribution in [0.3, 0.4) is 0 Å². The van der Waals surface area contributed by atoms with E-state index in [1.807, 2.05) is 0 Å². The standard InChI is InChI=1S/C22H34N2O2/c1-23-17-9-5-3-7-13(17)21(25)15-12-20-16(11-19(15)23)22(26)14-8-4-6-10-18(14)24(20)2/h13-20H,3-12H2,1-2H3. The van der Waals surface area contributed by atoms with Crippen LogP contribution >= 0.6 is 0 Å². The van der Waals surface area contributed by atoms with Gasteiger partial charge in [0, 0.05) is 47.8 Å². The number of ketones is 2. The fourth-order valence-corrected chi connectivity index (χ4v) is 7.58. The summed E-state index contributed by atoms with van der Waals surface area (Å²) >= 11 is 0. The third-order valence-corrected chi connectivity index (χ3v) is 8.93. The van der Waals surface area contributed by atoms with E-state index >= 15 is 0 Å². The van der Waals surface area contributed by atoms with E-state index in [-0.39, 0.29) is 23.7 Å². The highest BCUT2D eigenvalue weighted by atomic mass is 16.1. The third kappa shape index (κ3) is 2.40. The highest BCUT2D eigenvalue weighted by molar-refractivity contribution is 5.89. The number of nitrogens with zero attached hydrogens (tertiary/aromatic N) is 2. The predicted molar refractivity (Wildman–Crippen MR) is 101 cm³/mol. The zero-order chi connectivity index (χ0) is 18.0. The molecule has 4 heteroatoms. The Labute approximate surface area is 157 Å². The van der Waals surface area contributed by atoms with Crippen molar-refractivity contribution in [2.45, 2.75) is 88.4 Å². The molecule has 5 aliphatic rings. The summed E-state index contributed by atoms with van der Waals surface area (Å²) in [6.45, 7) is 0. The molecule has 0 aromatic heterocycles. The summed E-state index contributed by atoms with van der Waals surface area (Å²) in [6, 6.07) is 1.49. The molecular formula is C22H34N2O2. The number of fused-ring (bicyclic) bond motifs is 4. The molecule has 0 spiro atoms. The molecule has 2 aliphatic heterocycles. The van der Waals surface area contributed by atoms with Gasteiger partial charge < -0.3 is 0 Å². The average molecular weight is 359 g/mol. The third-order valence-electron chi connectivity index (χ3n) is 8.93. The van der Waals surface area contributed by atoms with Crippen LogP contribution in [0.15, 0.2) is 0 Å². The van der Waals surface area contributed by atoms with Gasteiger partial charge in [-0.15, -0.1) is 0 Å². The molecule has 0 aromatic rings. The van der Waals surface area contributed by atoms with Crippen molar-refractivity contribution in [3.8, 4) is 0 Å². The van der Waals surface area contributed by atoms with E-state index in [2.05, 4.69) is 23.9 Å². The zero-order valence-electron chi connectivity index (χ0n) is 16.4. The van der Waals surface area contributed by atoms with E-state index in [1.54, 1.807) is 0 Å². The van der Waals surface area contributed by atoms with Crippen LogP contribution in [0, 0.1) is 23.7 Å². The number of piperidine rings is 2. The Morgan fingerprint density at radius 3 is 1.38 bits per heavy atom. The summed E-state index contributed by atoms with van der Waals surface area (Å²) in [4.78, 5) is 31.8. The van der Waals surface area contributed by atoms with E-state index < -0.39 is 0 Å². The Balaban J connectivity index is 1.44. The zero-order valence-corrected chi connectivity index (χ0v) is 16.4. The smallest absolute Gasteiger partial charge is 0.142 e. The van der Waals surface area contributed by atoms with Gasteiger partial charge in [-0.2, -0.15) is 0 Å². The molecule has 3 aliphatic carbocycles. The molecule has 8 atom stereocenters. The lowest BCUT2D eigenvalue weighted by Crippen LogP contribution is -2.67. The summed E-state index contributed by atoms with van der Waals surface area (Å²) in [5.74, 6) is 1.94. The molecule has 4 nitrogen and oxygen atoms in total. The van der Waals surface area contributed by atoms with Crippen molar-refractivity contribution in [3.63, 3.8) is 0 Å². The second kappa shape index (κ2) is 6.41. The minimum absolute atomic E-state index is 0.163. The maximum Gasteiger partial charge on any atom is 0.142 e. The van der Waals surface area contributed by atoms with Crippen LogP contribution in [-0.4, -0.2) is 59.6 Å². The molecule has 8 unspecified atom stereocenters. The first-order chi connectivity index (χ1) is 12.6. The van der Waals surface area contributed by atoms with Crippen molar-refractivity contribution < 1.29 is 9.59 Å². The van der Waals surface area contributed by atoms with E-state index in [4.69, 9.17) is 0 Å². The van der Waals surface area contributed by atoms with Crippen LogP contribution < -0.4 is 0 Å². The second-order valence-electron chi connectivity index (χ2n) is 9.87. The minimum Gasteiger partial charge on any atom is -0.299 e. The van der Waals surface area contributed by atoms with Gasteiger partial charge in [0.2, 0.25) is 0 Å². The Hall–Kier alpha value is -0.740. The monoisotopic (exact) mass is 358 g/mol. The molecule has 0 N–H and O–H groups in total. The van der Waals surface area contributed by atoms with Crippen molar-refractivity contribution >= 4 is 11.6 Å². The summed E-state index contributed by atoms with van der Waals surface area (Å²) < 4.78 is 0. The molecule has 0 bridgehead atoms. The van der Waals surface area contributed by atoms with Crippen molar-refractivity contribution in [2.75, 3.05) is 14.1 Å². The highest BCUT2D eigenvalue weighted by Gasteiger charge is 2.56. The van der Waals surface area contributed by atoms with Crippen LogP contribution in [-0.2, 0) is 9.59 Å². The fourth-order valence-electron chi connectivity index (χ4n) is 7.58. The number of carbonyl (C=O) groups excluding carboxylic acids is 2. The van der Waals surface area contributed by atoms with Gasteiger partial charge in [-0.3, -0.25) is 19.4 Å². The van der Waals surface area contributed by atoms with Gasteiger partial charge in [0.1, 0.15) is 11.6 Å². The van der Waals surface area contributed by atoms with Crippen LogP contribution in [0.1, 0.15) is 64.2 Å². The van der Waals surface area contributed by atoms with Crippen LogP contribution in [0.5, 0.6) is 0 Å². The van der Waals surface area contributed by atoms with Gasteiger partial charge >= 0.3 is 0 Å². The van der Waals surface area contributed by atoms with E-state index in [1.165, 1.54) is 38.5 Å². The van der Waals surface area contributed by atoms with Gasteiger partial charge in [-0.25, -0.2) is 0 Å². The molecule has 5 fully saturated rings. The number of carbonyl (C=O) groups is 2. The molecule has 5 rings (SSSR count). The minimum atomic E-state index is 0.163. The highest BCUT2D eigenvalue weighted by Crippen LogP contribution is 2.49. The summed E-state index contributed by atoms with van der Waals surface area (Å²) in [6.07, 6.45) is 11.3. The number of hydrogen-bond donors (Lipinski definition) is 0. The number of rotatable bonds is 0. The first-order valence-electron chi connectivity index (χ1n) is 11.1. The topological polar surface area (TPSA) is 40.6 Å². The molecule has 3 saturated carbocycles. The second-order valence-corrected chi connectivity index (χ2v) is 9.87. The molecule has 0 aromatic carbocycles. The fraction of sp³-hybridized carbons (Fsp3) is 0.909. The number of hydrogen-bond acceptors (Lipinski definition) is 4. The molecule has 2 heterocycles. The van der Waals surface area contributed by atoms with Gasteiger partial charge in [-0.05, 0) is 52.6 Å². The molecule has 0 radical (unpaired) electrons. The van der Waals surface area contributed by atoms with Gasteiger partial charge in [0.05, 0.1) is 0 Å². The van der Waals surface area contributed by atoms with E-state index in [0.717, 1.165) is 25.7 Å². The van der Waals surface area contributed by atoms with E-state index in [9.17, 15) is 9.59 Å². The Kier molecular flexibility index (Phi) is 4.28. The molecule has 26 heavy (non-hydrogen) atoms. The first-order valence-corrected chi connectivity index (χ1v) is 11.1. The van der Waals surface area contributed by atoms with Crippen molar-refractivity contribution in [3.05, 3.63) is 0 Å². The quantitative estimate of drug-likeness (QED) is 0.668. The molecular weight excluding hydrogens is 324 g/mol. The Morgan fingerprint density at radius 2 is 0.962 bits per heavy atom. The average Bonchev–Trinajstić information content (AvgIpc) is 2.69. The lowest BCUT2D eigenvalue weighted by Gasteiger charge is -2.58. The largest absolute Gasteiger partial charge is 0.299 e. The van der Waals surface area contributed by atoms with Crippen molar-refractivity contribution in [1.82, 2.24) is 9.80 Å². The normalized spacial score (nSPS) is 49.8. The summed E-state index contributed by atoms with van der Waals surface area (Å²) in [5.41, 5.74) is 0. The van der Waals surface area contributed by atoms with Crippen molar-refractivity contribution in [1.29, 1.82) is 0 Å². The lowest BCUT2D eigenvalue weighted by atomic mass is 9.60. The van der Waals surface area contributed by atoms with Crippen LogP contribution in [0.2, 0.25) is 0 Å². The lowest BCUT2D eigenvalue weighted by molar-refractivity contribution is -0.158. The van der Waals surface area contributed by atoms with Crippen LogP contribution in [0.4, 0.5) is 0 Å². The summed E-state index contributed by atoms with van der Waals surface area (Å²) in [5, 5.41) is 0. The van der Waals surface area contributed by atoms with Crippen molar-refractivity contribution in [2.24, 2.45) is 23.7 Å². The maximum absolute atomic E-state index is 13.4. The maximum atomic E-state index is 13.4. The summed E-state index contributed by atoms with van der Waals surface area (Å²) in [7, 11) is 4.49. The molecule has 144 valence electrons. The first kappa shape index (κ1) is 17.4. The SMILES string of the molecule is CN1C2CCCCC2C(=O)C2CC3C(CC21)C(=O)C1CCCCC1N3C. The van der Waals surface area contributed by atoms with Gasteiger partial charge in [0.25, 0.3) is 0 Å². The molecule has 2 saturated heterocycles. The van der Waals surface area contributed by atoms with E-state index in [0.29, 0.717) is 35.7 Å².